The van der Waals surface area contributed by atoms with Crippen molar-refractivity contribution in [2.45, 2.75) is 64.6 Å². The average molecular weight is 401 g/mol. The Bertz CT molecular complexity index is 841. The first-order chi connectivity index (χ1) is 13.7. The molecule has 0 saturated carbocycles. The van der Waals surface area contributed by atoms with Crippen LogP contribution in [0.2, 0.25) is 5.02 Å². The van der Waals surface area contributed by atoms with Crippen molar-refractivity contribution in [1.29, 1.82) is 0 Å². The van der Waals surface area contributed by atoms with Crippen LogP contribution < -0.4 is 5.32 Å². The van der Waals surface area contributed by atoms with Crippen molar-refractivity contribution in [3.63, 3.8) is 0 Å². The number of halogens is 1. The lowest BCUT2D eigenvalue weighted by Gasteiger charge is -2.25. The number of amides is 1. The molecule has 4 rings (SSSR count). The lowest BCUT2D eigenvalue weighted by atomic mass is 9.91. The summed E-state index contributed by atoms with van der Waals surface area (Å²) in [6.45, 7) is 5.52. The number of benzene rings is 1. The fourth-order valence-corrected chi connectivity index (χ4v) is 4.60. The van der Waals surface area contributed by atoms with Crippen LogP contribution in [0, 0.1) is 0 Å². The van der Waals surface area contributed by atoms with Crippen molar-refractivity contribution in [2.75, 3.05) is 13.1 Å². The lowest BCUT2D eigenvalue weighted by molar-refractivity contribution is 0.0784. The fraction of sp³-hybridized carbons (Fsp3) is 0.545. The van der Waals surface area contributed by atoms with E-state index in [1.807, 2.05) is 23.1 Å². The van der Waals surface area contributed by atoms with Gasteiger partial charge in [-0.1, -0.05) is 36.7 Å². The Morgan fingerprint density at radius 3 is 2.82 bits per heavy atom. The molecule has 1 aliphatic carbocycles. The molecule has 0 radical (unpaired) electrons. The van der Waals surface area contributed by atoms with Gasteiger partial charge in [-0.15, -0.1) is 0 Å². The summed E-state index contributed by atoms with van der Waals surface area (Å²) < 4.78 is 2.09. The summed E-state index contributed by atoms with van der Waals surface area (Å²) in [5, 5.41) is 9.22. The van der Waals surface area contributed by atoms with Crippen LogP contribution in [-0.4, -0.2) is 39.7 Å². The van der Waals surface area contributed by atoms with Crippen molar-refractivity contribution >= 4 is 17.5 Å². The Kier molecular flexibility index (Phi) is 6.02. The van der Waals surface area contributed by atoms with Crippen molar-refractivity contribution in [1.82, 2.24) is 20.0 Å². The number of fused-ring (bicyclic) bond motifs is 1. The molecule has 1 aromatic carbocycles. The molecule has 150 valence electrons. The third-order valence-electron chi connectivity index (χ3n) is 5.92. The maximum Gasteiger partial charge on any atom is 0.274 e. The van der Waals surface area contributed by atoms with E-state index in [-0.39, 0.29) is 5.91 Å². The fourth-order valence-electron chi connectivity index (χ4n) is 4.40. The lowest BCUT2D eigenvalue weighted by Crippen LogP contribution is -2.35. The molecule has 1 saturated heterocycles. The zero-order chi connectivity index (χ0) is 19.5. The van der Waals surface area contributed by atoms with Crippen molar-refractivity contribution < 1.29 is 4.79 Å². The van der Waals surface area contributed by atoms with Gasteiger partial charge in [-0.05, 0) is 50.2 Å². The number of aryl methyl sites for hydroxylation is 1. The quantitative estimate of drug-likeness (QED) is 0.801. The van der Waals surface area contributed by atoms with Gasteiger partial charge in [-0.25, -0.2) is 0 Å². The predicted molar refractivity (Wildman–Crippen MR) is 112 cm³/mol. The van der Waals surface area contributed by atoms with E-state index in [9.17, 15) is 4.79 Å². The molecule has 0 spiro atoms. The summed E-state index contributed by atoms with van der Waals surface area (Å²) in [6, 6.07) is 8.30. The van der Waals surface area contributed by atoms with Crippen LogP contribution >= 0.6 is 11.6 Å². The molecule has 1 aromatic heterocycles. The van der Waals surface area contributed by atoms with E-state index in [0.29, 0.717) is 11.7 Å². The number of hydrogen-bond donors (Lipinski definition) is 1. The second-order valence-corrected chi connectivity index (χ2v) is 8.32. The number of rotatable bonds is 6. The molecule has 5 nitrogen and oxygen atoms in total. The highest BCUT2D eigenvalue weighted by atomic mass is 35.5. The van der Waals surface area contributed by atoms with E-state index in [1.165, 1.54) is 5.69 Å². The van der Waals surface area contributed by atoms with E-state index < -0.39 is 0 Å². The number of nitrogens with zero attached hydrogens (tertiary/aromatic N) is 3. The monoisotopic (exact) mass is 400 g/mol. The highest BCUT2D eigenvalue weighted by Gasteiger charge is 2.31. The summed E-state index contributed by atoms with van der Waals surface area (Å²) in [7, 11) is 0. The number of likely N-dealkylation sites (tertiary alicyclic amines) is 1. The van der Waals surface area contributed by atoms with Gasteiger partial charge in [0.15, 0.2) is 5.69 Å². The van der Waals surface area contributed by atoms with Gasteiger partial charge in [0.05, 0.1) is 0 Å². The van der Waals surface area contributed by atoms with E-state index >= 15 is 0 Å². The molecule has 2 aromatic rings. The first-order valence-electron chi connectivity index (χ1n) is 10.5. The van der Waals surface area contributed by atoms with Gasteiger partial charge in [-0.3, -0.25) is 9.48 Å². The Balaban J connectivity index is 1.52. The largest absolute Gasteiger partial charge is 0.337 e. The summed E-state index contributed by atoms with van der Waals surface area (Å²) in [5.41, 5.74) is 4.23. The van der Waals surface area contributed by atoms with Crippen LogP contribution in [0.4, 0.5) is 0 Å². The second kappa shape index (κ2) is 8.66. The first-order valence-corrected chi connectivity index (χ1v) is 10.9. The van der Waals surface area contributed by atoms with Crippen LogP contribution in [0.5, 0.6) is 0 Å². The van der Waals surface area contributed by atoms with E-state index in [0.717, 1.165) is 80.9 Å². The molecule has 1 atom stereocenters. The van der Waals surface area contributed by atoms with E-state index in [4.69, 9.17) is 16.7 Å². The Hall–Kier alpha value is -1.85. The van der Waals surface area contributed by atoms with Crippen molar-refractivity contribution in [2.24, 2.45) is 0 Å². The molecule has 1 unspecified atom stereocenters. The van der Waals surface area contributed by atoms with Gasteiger partial charge in [0, 0.05) is 48.5 Å². The van der Waals surface area contributed by atoms with Gasteiger partial charge in [0.2, 0.25) is 0 Å². The SMILES string of the molecule is CCCn1nc(C(=O)N2CCCC2)c2c1CCC(NCc1ccccc1Cl)C2. The average Bonchev–Trinajstić information content (AvgIpc) is 3.36. The minimum atomic E-state index is 0.121. The maximum atomic E-state index is 13.1. The summed E-state index contributed by atoms with van der Waals surface area (Å²) in [5.74, 6) is 0.121. The topological polar surface area (TPSA) is 50.2 Å². The van der Waals surface area contributed by atoms with Crippen LogP contribution in [0.25, 0.3) is 0 Å². The Morgan fingerprint density at radius 1 is 1.29 bits per heavy atom. The minimum Gasteiger partial charge on any atom is -0.337 e. The van der Waals surface area contributed by atoms with Crippen molar-refractivity contribution in [3.05, 3.63) is 51.8 Å². The zero-order valence-electron chi connectivity index (χ0n) is 16.6. The Labute approximate surface area is 172 Å². The highest BCUT2D eigenvalue weighted by molar-refractivity contribution is 6.31. The van der Waals surface area contributed by atoms with Gasteiger partial charge < -0.3 is 10.2 Å². The predicted octanol–water partition coefficient (Wildman–Crippen LogP) is 3.83. The first kappa shape index (κ1) is 19.5. The Morgan fingerprint density at radius 2 is 2.07 bits per heavy atom. The second-order valence-electron chi connectivity index (χ2n) is 7.91. The molecule has 28 heavy (non-hydrogen) atoms. The number of nitrogens with one attached hydrogen (secondary N) is 1. The smallest absolute Gasteiger partial charge is 0.274 e. The third-order valence-corrected chi connectivity index (χ3v) is 6.29. The number of carbonyl (C=O) groups excluding carboxylic acids is 1. The standard InChI is InChI=1S/C22H29ClN4O/c1-2-11-27-20-10-9-17(24-15-16-7-3-4-8-19(16)23)14-18(20)21(25-27)22(28)26-12-5-6-13-26/h3-4,7-8,17,24H,2,5-6,9-15H2,1H3. The summed E-state index contributed by atoms with van der Waals surface area (Å²) >= 11 is 6.30. The number of aromatic nitrogens is 2. The molecule has 6 heteroatoms. The van der Waals surface area contributed by atoms with Crippen LogP contribution in [0.15, 0.2) is 24.3 Å². The zero-order valence-corrected chi connectivity index (χ0v) is 17.3. The van der Waals surface area contributed by atoms with Crippen LogP contribution in [0.3, 0.4) is 0 Å². The molecule has 1 N–H and O–H groups in total. The molecular weight excluding hydrogens is 372 g/mol. The van der Waals surface area contributed by atoms with E-state index in [1.54, 1.807) is 0 Å². The van der Waals surface area contributed by atoms with E-state index in [2.05, 4.69) is 23.0 Å². The highest BCUT2D eigenvalue weighted by Crippen LogP contribution is 2.27. The van der Waals surface area contributed by atoms with Gasteiger partial charge in [-0.2, -0.15) is 5.10 Å². The van der Waals surface area contributed by atoms with Gasteiger partial charge >= 0.3 is 0 Å². The van der Waals surface area contributed by atoms with Gasteiger partial charge in [0.1, 0.15) is 0 Å². The summed E-state index contributed by atoms with van der Waals surface area (Å²) in [6.07, 6.45) is 6.12. The van der Waals surface area contributed by atoms with Crippen LogP contribution in [-0.2, 0) is 25.9 Å². The van der Waals surface area contributed by atoms with Crippen LogP contribution in [0.1, 0.15) is 59.9 Å². The maximum absolute atomic E-state index is 13.1. The molecule has 2 aliphatic rings. The minimum absolute atomic E-state index is 0.121. The molecule has 1 aliphatic heterocycles. The molecule has 1 fully saturated rings. The third kappa shape index (κ3) is 3.96. The number of carbonyl (C=O) groups is 1. The number of hydrogen-bond acceptors (Lipinski definition) is 3. The molecule has 1 amide bonds. The summed E-state index contributed by atoms with van der Waals surface area (Å²) in [4.78, 5) is 15.1. The normalized spacial score (nSPS) is 19.1. The van der Waals surface area contributed by atoms with Crippen molar-refractivity contribution in [3.8, 4) is 0 Å². The molecule has 0 bridgehead atoms. The van der Waals surface area contributed by atoms with Gasteiger partial charge in [0.25, 0.3) is 5.91 Å². The molecular formula is C22H29ClN4O. The molecule has 2 heterocycles.